The zero-order chi connectivity index (χ0) is 18.4. The van der Waals surface area contributed by atoms with Gasteiger partial charge in [0.2, 0.25) is 0 Å². The van der Waals surface area contributed by atoms with Crippen molar-refractivity contribution >= 4 is 17.5 Å². The summed E-state index contributed by atoms with van der Waals surface area (Å²) in [4.78, 5) is 14.7. The molecule has 4 nitrogen and oxygen atoms in total. The van der Waals surface area contributed by atoms with E-state index >= 15 is 0 Å². The average Bonchev–Trinajstić information content (AvgIpc) is 3.17. The number of hydrogen-bond acceptors (Lipinski definition) is 3. The number of aryl methyl sites for hydroxylation is 1. The maximum Gasteiger partial charge on any atom is 0.258 e. The van der Waals surface area contributed by atoms with Crippen LogP contribution >= 0.6 is 11.6 Å². The molecule has 1 aliphatic heterocycles. The van der Waals surface area contributed by atoms with Crippen LogP contribution in [0.2, 0.25) is 5.02 Å². The van der Waals surface area contributed by atoms with Crippen LogP contribution in [-0.4, -0.2) is 37.0 Å². The standard InChI is InChI=1S/C21H25ClN2O2/c1-16-8-2-5-11-20(16)26-15-21(25)23-14-19(24-12-6-7-13-24)17-9-3-4-10-18(17)22/h2-5,8-11,19H,6-7,12-15H2,1H3,(H,23,25)/t19-/m0/s1. The van der Waals surface area contributed by atoms with Gasteiger partial charge in [0.1, 0.15) is 5.75 Å². The summed E-state index contributed by atoms with van der Waals surface area (Å²) < 4.78 is 5.63. The summed E-state index contributed by atoms with van der Waals surface area (Å²) in [6, 6.07) is 15.7. The predicted octanol–water partition coefficient (Wildman–Crippen LogP) is 3.98. The number of ether oxygens (including phenoxy) is 1. The highest BCUT2D eigenvalue weighted by Gasteiger charge is 2.25. The van der Waals surface area contributed by atoms with Gasteiger partial charge >= 0.3 is 0 Å². The van der Waals surface area contributed by atoms with Crippen LogP contribution in [0.3, 0.4) is 0 Å². The molecule has 1 saturated heterocycles. The van der Waals surface area contributed by atoms with Gasteiger partial charge in [-0.15, -0.1) is 0 Å². The van der Waals surface area contributed by atoms with E-state index < -0.39 is 0 Å². The van der Waals surface area contributed by atoms with E-state index in [-0.39, 0.29) is 18.6 Å². The number of nitrogens with one attached hydrogen (secondary N) is 1. The molecule has 1 amide bonds. The molecule has 26 heavy (non-hydrogen) atoms. The lowest BCUT2D eigenvalue weighted by Crippen LogP contribution is -2.38. The fourth-order valence-electron chi connectivity index (χ4n) is 3.36. The Kier molecular flexibility index (Phi) is 6.53. The zero-order valence-electron chi connectivity index (χ0n) is 15.1. The zero-order valence-corrected chi connectivity index (χ0v) is 15.8. The lowest BCUT2D eigenvalue weighted by molar-refractivity contribution is -0.123. The van der Waals surface area contributed by atoms with Gasteiger partial charge in [-0.05, 0) is 56.1 Å². The number of benzene rings is 2. The third kappa shape index (κ3) is 4.77. The first-order valence-corrected chi connectivity index (χ1v) is 9.46. The summed E-state index contributed by atoms with van der Waals surface area (Å²) in [5.41, 5.74) is 2.09. The first-order chi connectivity index (χ1) is 12.6. The Morgan fingerprint density at radius 2 is 1.85 bits per heavy atom. The molecule has 5 heteroatoms. The van der Waals surface area contributed by atoms with Crippen LogP contribution < -0.4 is 10.1 Å². The van der Waals surface area contributed by atoms with Crippen LogP contribution in [0.5, 0.6) is 5.75 Å². The number of halogens is 1. The number of carbonyl (C=O) groups is 1. The van der Waals surface area contributed by atoms with Gasteiger partial charge in [0, 0.05) is 11.6 Å². The van der Waals surface area contributed by atoms with Gasteiger partial charge in [0.15, 0.2) is 6.61 Å². The maximum absolute atomic E-state index is 12.3. The van der Waals surface area contributed by atoms with Gasteiger partial charge in [-0.3, -0.25) is 9.69 Å². The largest absolute Gasteiger partial charge is 0.484 e. The van der Waals surface area contributed by atoms with Crippen LogP contribution in [-0.2, 0) is 4.79 Å². The molecule has 0 saturated carbocycles. The summed E-state index contributed by atoms with van der Waals surface area (Å²) in [6.45, 7) is 4.57. The van der Waals surface area contributed by atoms with Crippen molar-refractivity contribution in [3.8, 4) is 5.75 Å². The molecule has 1 N–H and O–H groups in total. The van der Waals surface area contributed by atoms with E-state index in [0.717, 1.165) is 35.0 Å². The number of hydrogen-bond donors (Lipinski definition) is 1. The van der Waals surface area contributed by atoms with Crippen LogP contribution in [0, 0.1) is 6.92 Å². The van der Waals surface area contributed by atoms with Gasteiger partial charge in [-0.1, -0.05) is 48.0 Å². The molecule has 2 aromatic rings. The molecule has 0 radical (unpaired) electrons. The molecule has 1 fully saturated rings. The molecule has 1 atom stereocenters. The van der Waals surface area contributed by atoms with Crippen molar-refractivity contribution in [3.05, 3.63) is 64.7 Å². The Balaban J connectivity index is 1.60. The summed E-state index contributed by atoms with van der Waals surface area (Å²) in [7, 11) is 0. The van der Waals surface area contributed by atoms with E-state index in [1.165, 1.54) is 12.8 Å². The Bertz CT molecular complexity index is 744. The van der Waals surface area contributed by atoms with Gasteiger partial charge in [-0.25, -0.2) is 0 Å². The van der Waals surface area contributed by atoms with Crippen molar-refractivity contribution in [1.29, 1.82) is 0 Å². The third-order valence-corrected chi connectivity index (χ3v) is 5.13. The van der Waals surface area contributed by atoms with Crippen molar-refractivity contribution in [1.82, 2.24) is 10.2 Å². The highest BCUT2D eigenvalue weighted by molar-refractivity contribution is 6.31. The Morgan fingerprint density at radius 1 is 1.15 bits per heavy atom. The SMILES string of the molecule is Cc1ccccc1OCC(=O)NC[C@@H](c1ccccc1Cl)N1CCCC1. The smallest absolute Gasteiger partial charge is 0.258 e. The molecule has 1 heterocycles. The second-order valence-corrected chi connectivity index (χ2v) is 7.05. The third-order valence-electron chi connectivity index (χ3n) is 4.79. The summed E-state index contributed by atoms with van der Waals surface area (Å²) in [6.07, 6.45) is 2.37. The highest BCUT2D eigenvalue weighted by atomic mass is 35.5. The number of nitrogens with zero attached hydrogens (tertiary/aromatic N) is 1. The fourth-order valence-corrected chi connectivity index (χ4v) is 3.62. The molecule has 2 aromatic carbocycles. The minimum absolute atomic E-state index is 0.0140. The predicted molar refractivity (Wildman–Crippen MR) is 105 cm³/mol. The van der Waals surface area contributed by atoms with Crippen molar-refractivity contribution in [2.24, 2.45) is 0 Å². The molecular formula is C21H25ClN2O2. The molecule has 0 spiro atoms. The summed E-state index contributed by atoms with van der Waals surface area (Å²) >= 11 is 6.41. The van der Waals surface area contributed by atoms with Crippen LogP contribution in [0.4, 0.5) is 0 Å². The van der Waals surface area contributed by atoms with Crippen molar-refractivity contribution in [3.63, 3.8) is 0 Å². The normalized spacial score (nSPS) is 15.6. The lowest BCUT2D eigenvalue weighted by atomic mass is 10.1. The van der Waals surface area contributed by atoms with E-state index in [1.54, 1.807) is 0 Å². The molecule has 1 aliphatic rings. The summed E-state index contributed by atoms with van der Waals surface area (Å²) in [5.74, 6) is 0.620. The monoisotopic (exact) mass is 372 g/mol. The van der Waals surface area contributed by atoms with Crippen LogP contribution in [0.15, 0.2) is 48.5 Å². The Hall–Kier alpha value is -2.04. The molecular weight excluding hydrogens is 348 g/mol. The minimum Gasteiger partial charge on any atom is -0.484 e. The molecule has 0 unspecified atom stereocenters. The minimum atomic E-state index is -0.121. The van der Waals surface area contributed by atoms with E-state index in [4.69, 9.17) is 16.3 Å². The Morgan fingerprint density at radius 3 is 2.58 bits per heavy atom. The van der Waals surface area contributed by atoms with Crippen molar-refractivity contribution in [2.45, 2.75) is 25.8 Å². The number of amides is 1. The molecule has 138 valence electrons. The van der Waals surface area contributed by atoms with Crippen molar-refractivity contribution < 1.29 is 9.53 Å². The average molecular weight is 373 g/mol. The second kappa shape index (κ2) is 9.06. The quantitative estimate of drug-likeness (QED) is 0.799. The van der Waals surface area contributed by atoms with Crippen LogP contribution in [0.1, 0.15) is 30.0 Å². The number of carbonyl (C=O) groups excluding carboxylic acids is 1. The fraction of sp³-hybridized carbons (Fsp3) is 0.381. The first-order valence-electron chi connectivity index (χ1n) is 9.09. The Labute approximate surface area is 160 Å². The molecule has 0 aromatic heterocycles. The number of para-hydroxylation sites is 1. The van der Waals surface area contributed by atoms with Crippen LogP contribution in [0.25, 0.3) is 0 Å². The van der Waals surface area contributed by atoms with Gasteiger partial charge in [-0.2, -0.15) is 0 Å². The number of rotatable bonds is 7. The van der Waals surface area contributed by atoms with Gasteiger partial charge in [0.25, 0.3) is 5.91 Å². The van der Waals surface area contributed by atoms with E-state index in [2.05, 4.69) is 10.2 Å². The van der Waals surface area contributed by atoms with Gasteiger partial charge in [0.05, 0.1) is 6.04 Å². The summed E-state index contributed by atoms with van der Waals surface area (Å²) in [5, 5.41) is 3.76. The van der Waals surface area contributed by atoms with Crippen molar-refractivity contribution in [2.75, 3.05) is 26.2 Å². The maximum atomic E-state index is 12.3. The van der Waals surface area contributed by atoms with Gasteiger partial charge < -0.3 is 10.1 Å². The first kappa shape index (κ1) is 18.7. The van der Waals surface area contributed by atoms with E-state index in [9.17, 15) is 4.79 Å². The number of likely N-dealkylation sites (tertiary alicyclic amines) is 1. The highest BCUT2D eigenvalue weighted by Crippen LogP contribution is 2.29. The van der Waals surface area contributed by atoms with E-state index in [1.807, 2.05) is 55.5 Å². The topological polar surface area (TPSA) is 41.6 Å². The van der Waals surface area contributed by atoms with E-state index in [0.29, 0.717) is 6.54 Å². The molecule has 0 aliphatic carbocycles. The second-order valence-electron chi connectivity index (χ2n) is 6.64. The molecule has 3 rings (SSSR count). The molecule has 0 bridgehead atoms. The lowest BCUT2D eigenvalue weighted by Gasteiger charge is -2.29.